The third-order valence-corrected chi connectivity index (χ3v) is 5.16. The molecule has 2 aromatic carbocycles. The first-order valence-electron chi connectivity index (χ1n) is 9.00. The van der Waals surface area contributed by atoms with Crippen molar-refractivity contribution in [1.29, 1.82) is 0 Å². The smallest absolute Gasteiger partial charge is 0.234 e. The minimum absolute atomic E-state index is 0.104. The molecule has 0 aliphatic rings. The maximum absolute atomic E-state index is 12.3. The first-order chi connectivity index (χ1) is 14.0. The number of para-hydroxylation sites is 1. The summed E-state index contributed by atoms with van der Waals surface area (Å²) in [6.07, 6.45) is 0.104. The highest BCUT2D eigenvalue weighted by atomic mass is 35.5. The van der Waals surface area contributed by atoms with Gasteiger partial charge in [0.25, 0.3) is 0 Å². The third kappa shape index (κ3) is 6.07. The van der Waals surface area contributed by atoms with Gasteiger partial charge in [-0.3, -0.25) is 9.59 Å². The number of carbonyl (C=O) groups excluding carboxylic acids is 2. The van der Waals surface area contributed by atoms with E-state index < -0.39 is 0 Å². The van der Waals surface area contributed by atoms with Crippen LogP contribution in [0, 0.1) is 0 Å². The van der Waals surface area contributed by atoms with Crippen LogP contribution in [-0.2, 0) is 22.6 Å². The van der Waals surface area contributed by atoms with Crippen LogP contribution in [0.25, 0.3) is 0 Å². The molecular formula is C20H20ClN5O2S. The molecule has 0 bridgehead atoms. The number of benzene rings is 2. The standard InChI is InChI=1S/C20H20ClN5O2S/c1-2-26-17(12-18(27)22-15-6-4-3-5-7-15)24-25-20(26)29-13-19(28)23-16-10-8-14(21)9-11-16/h3-11H,2,12-13H2,1H3,(H,22,27)(H,23,28). The van der Waals surface area contributed by atoms with Crippen LogP contribution in [0.2, 0.25) is 5.02 Å². The Hall–Kier alpha value is -2.84. The molecule has 0 radical (unpaired) electrons. The Morgan fingerprint density at radius 1 is 0.966 bits per heavy atom. The second-order valence-corrected chi connectivity index (χ2v) is 7.46. The Morgan fingerprint density at radius 2 is 1.62 bits per heavy atom. The second-order valence-electron chi connectivity index (χ2n) is 6.08. The molecule has 2 amide bonds. The molecule has 9 heteroatoms. The summed E-state index contributed by atoms with van der Waals surface area (Å²) in [7, 11) is 0. The molecule has 7 nitrogen and oxygen atoms in total. The van der Waals surface area contributed by atoms with Crippen LogP contribution >= 0.6 is 23.4 Å². The van der Waals surface area contributed by atoms with Crippen molar-refractivity contribution in [3.63, 3.8) is 0 Å². The van der Waals surface area contributed by atoms with Gasteiger partial charge >= 0.3 is 0 Å². The SMILES string of the molecule is CCn1c(CC(=O)Nc2ccccc2)nnc1SCC(=O)Nc1ccc(Cl)cc1. The summed E-state index contributed by atoms with van der Waals surface area (Å²) in [6.45, 7) is 2.54. The Morgan fingerprint density at radius 3 is 2.31 bits per heavy atom. The van der Waals surface area contributed by atoms with Gasteiger partial charge < -0.3 is 15.2 Å². The number of hydrogen-bond acceptors (Lipinski definition) is 5. The minimum atomic E-state index is -0.171. The molecule has 2 N–H and O–H groups in total. The van der Waals surface area contributed by atoms with E-state index in [1.165, 1.54) is 11.8 Å². The number of nitrogens with one attached hydrogen (secondary N) is 2. The van der Waals surface area contributed by atoms with Gasteiger partial charge in [-0.15, -0.1) is 10.2 Å². The van der Waals surface area contributed by atoms with Crippen LogP contribution in [0.3, 0.4) is 0 Å². The molecule has 0 spiro atoms. The molecule has 1 aromatic heterocycles. The highest BCUT2D eigenvalue weighted by Gasteiger charge is 2.16. The summed E-state index contributed by atoms with van der Waals surface area (Å²) in [5.74, 6) is 0.403. The summed E-state index contributed by atoms with van der Waals surface area (Å²) in [4.78, 5) is 24.5. The normalized spacial score (nSPS) is 10.6. The average Bonchev–Trinajstić information content (AvgIpc) is 3.10. The van der Waals surface area contributed by atoms with Gasteiger partial charge in [-0.2, -0.15) is 0 Å². The van der Waals surface area contributed by atoms with Crippen LogP contribution in [0.1, 0.15) is 12.7 Å². The largest absolute Gasteiger partial charge is 0.326 e. The van der Waals surface area contributed by atoms with Crippen LogP contribution in [0.4, 0.5) is 11.4 Å². The lowest BCUT2D eigenvalue weighted by molar-refractivity contribution is -0.116. The number of nitrogens with zero attached hydrogens (tertiary/aromatic N) is 3. The molecule has 0 aliphatic carbocycles. The van der Waals surface area contributed by atoms with Crippen LogP contribution < -0.4 is 10.6 Å². The minimum Gasteiger partial charge on any atom is -0.326 e. The summed E-state index contributed by atoms with van der Waals surface area (Å²) >= 11 is 7.12. The van der Waals surface area contributed by atoms with Gasteiger partial charge in [-0.25, -0.2) is 0 Å². The van der Waals surface area contributed by atoms with Crippen molar-refractivity contribution in [2.45, 2.75) is 25.0 Å². The van der Waals surface area contributed by atoms with Crippen molar-refractivity contribution in [2.24, 2.45) is 0 Å². The quantitative estimate of drug-likeness (QED) is 0.531. The molecule has 0 saturated carbocycles. The van der Waals surface area contributed by atoms with E-state index >= 15 is 0 Å². The highest BCUT2D eigenvalue weighted by molar-refractivity contribution is 7.99. The number of carbonyl (C=O) groups is 2. The molecular weight excluding hydrogens is 410 g/mol. The van der Waals surface area contributed by atoms with Gasteiger partial charge in [0.15, 0.2) is 5.16 Å². The number of rotatable bonds is 8. The summed E-state index contributed by atoms with van der Waals surface area (Å²) in [6, 6.07) is 16.1. The van der Waals surface area contributed by atoms with Gasteiger partial charge in [0.05, 0.1) is 12.2 Å². The van der Waals surface area contributed by atoms with E-state index in [4.69, 9.17) is 11.6 Å². The number of halogens is 1. The van der Waals surface area contributed by atoms with Crippen LogP contribution in [-0.4, -0.2) is 32.3 Å². The monoisotopic (exact) mass is 429 g/mol. The van der Waals surface area contributed by atoms with Gasteiger partial charge in [-0.05, 0) is 43.3 Å². The van der Waals surface area contributed by atoms with Crippen LogP contribution in [0.15, 0.2) is 59.8 Å². The predicted octanol–water partition coefficient (Wildman–Crippen LogP) is 3.86. The number of aromatic nitrogens is 3. The van der Waals surface area contributed by atoms with E-state index in [-0.39, 0.29) is 24.0 Å². The van der Waals surface area contributed by atoms with E-state index in [1.807, 2.05) is 41.8 Å². The van der Waals surface area contributed by atoms with Crippen molar-refractivity contribution in [1.82, 2.24) is 14.8 Å². The number of thioether (sulfide) groups is 1. The average molecular weight is 430 g/mol. The Kier molecular flexibility index (Phi) is 7.26. The molecule has 3 rings (SSSR count). The fraction of sp³-hybridized carbons (Fsp3) is 0.200. The van der Waals surface area contributed by atoms with Crippen molar-refractivity contribution >= 4 is 46.6 Å². The van der Waals surface area contributed by atoms with Gasteiger partial charge in [0.1, 0.15) is 5.82 Å². The molecule has 150 valence electrons. The lowest BCUT2D eigenvalue weighted by Gasteiger charge is -2.08. The zero-order valence-corrected chi connectivity index (χ0v) is 17.3. The summed E-state index contributed by atoms with van der Waals surface area (Å²) < 4.78 is 1.84. The number of amides is 2. The molecule has 0 aliphatic heterocycles. The van der Waals surface area contributed by atoms with E-state index in [2.05, 4.69) is 20.8 Å². The predicted molar refractivity (Wildman–Crippen MR) is 115 cm³/mol. The van der Waals surface area contributed by atoms with E-state index in [9.17, 15) is 9.59 Å². The zero-order valence-electron chi connectivity index (χ0n) is 15.8. The lowest BCUT2D eigenvalue weighted by Crippen LogP contribution is -2.18. The number of anilines is 2. The summed E-state index contributed by atoms with van der Waals surface area (Å²) in [5, 5.41) is 15.1. The molecule has 0 atom stereocenters. The van der Waals surface area contributed by atoms with Crippen molar-refractivity contribution in [3.8, 4) is 0 Å². The molecule has 0 saturated heterocycles. The topological polar surface area (TPSA) is 88.9 Å². The molecule has 29 heavy (non-hydrogen) atoms. The maximum Gasteiger partial charge on any atom is 0.234 e. The fourth-order valence-corrected chi connectivity index (χ4v) is 3.55. The summed E-state index contributed by atoms with van der Waals surface area (Å²) in [5.41, 5.74) is 1.41. The maximum atomic E-state index is 12.3. The van der Waals surface area contributed by atoms with Gasteiger partial charge in [0.2, 0.25) is 11.8 Å². The first kappa shape index (κ1) is 20.9. The lowest BCUT2D eigenvalue weighted by atomic mass is 10.3. The molecule has 3 aromatic rings. The Balaban J connectivity index is 1.56. The van der Waals surface area contributed by atoms with Crippen molar-refractivity contribution in [3.05, 3.63) is 65.4 Å². The fourth-order valence-electron chi connectivity index (χ4n) is 2.60. The van der Waals surface area contributed by atoms with Crippen molar-refractivity contribution in [2.75, 3.05) is 16.4 Å². The number of hydrogen-bond donors (Lipinski definition) is 2. The molecule has 0 fully saturated rings. The van der Waals surface area contributed by atoms with Crippen LogP contribution in [0.5, 0.6) is 0 Å². The molecule has 1 heterocycles. The highest BCUT2D eigenvalue weighted by Crippen LogP contribution is 2.19. The van der Waals surface area contributed by atoms with Gasteiger partial charge in [-0.1, -0.05) is 41.6 Å². The van der Waals surface area contributed by atoms with E-state index in [0.29, 0.717) is 28.2 Å². The van der Waals surface area contributed by atoms with E-state index in [1.54, 1.807) is 24.3 Å². The Labute approximate surface area is 177 Å². The third-order valence-electron chi connectivity index (χ3n) is 3.95. The first-order valence-corrected chi connectivity index (χ1v) is 10.4. The second kappa shape index (κ2) is 10.1. The van der Waals surface area contributed by atoms with Crippen molar-refractivity contribution < 1.29 is 9.59 Å². The van der Waals surface area contributed by atoms with Gasteiger partial charge in [0, 0.05) is 22.9 Å². The molecule has 0 unspecified atom stereocenters. The Bertz CT molecular complexity index is 976. The zero-order chi connectivity index (χ0) is 20.6. The van der Waals surface area contributed by atoms with E-state index in [0.717, 1.165) is 5.69 Å².